The molecule has 2 aromatic carbocycles. The lowest BCUT2D eigenvalue weighted by molar-refractivity contribution is -0.147. The molecular weight excluding hydrogens is 524 g/mol. The smallest absolute Gasteiger partial charge is 0.326 e. The lowest BCUT2D eigenvalue weighted by Crippen LogP contribution is -2.58. The summed E-state index contributed by atoms with van der Waals surface area (Å²) in [6.07, 6.45) is 0.402. The van der Waals surface area contributed by atoms with E-state index < -0.39 is 60.2 Å². The van der Waals surface area contributed by atoms with Crippen LogP contribution in [0.1, 0.15) is 30.4 Å². The molecule has 0 spiro atoms. The molecule has 2 aromatic rings. The minimum absolute atomic E-state index is 0.0175. The normalized spacial score (nSPS) is 16.8. The van der Waals surface area contributed by atoms with E-state index in [2.05, 4.69) is 21.3 Å². The van der Waals surface area contributed by atoms with Crippen molar-refractivity contribution in [2.24, 2.45) is 0 Å². The fraction of sp³-hybridized carbons (Fsp3) is 0.370. The molecule has 0 aliphatic carbocycles. The first-order chi connectivity index (χ1) is 19.0. The number of hydrogen-bond donors (Lipinski definition) is 8. The third-order valence-electron chi connectivity index (χ3n) is 6.39. The molecule has 0 saturated carbocycles. The number of carbonyl (C=O) groups is 5. The highest BCUT2D eigenvalue weighted by atomic mass is 16.4. The summed E-state index contributed by atoms with van der Waals surface area (Å²) >= 11 is 0. The predicted octanol–water partition coefficient (Wildman–Crippen LogP) is -0.351. The molecule has 13 heteroatoms. The van der Waals surface area contributed by atoms with E-state index in [1.807, 2.05) is 0 Å². The van der Waals surface area contributed by atoms with E-state index in [1.165, 1.54) is 36.4 Å². The summed E-state index contributed by atoms with van der Waals surface area (Å²) < 4.78 is 0. The van der Waals surface area contributed by atoms with Crippen molar-refractivity contribution in [1.82, 2.24) is 21.3 Å². The quantitative estimate of drug-likeness (QED) is 0.160. The van der Waals surface area contributed by atoms with Crippen molar-refractivity contribution in [3.05, 3.63) is 59.7 Å². The summed E-state index contributed by atoms with van der Waals surface area (Å²) in [6, 6.07) is 7.08. The monoisotopic (exact) mass is 556 g/mol. The van der Waals surface area contributed by atoms with Crippen LogP contribution >= 0.6 is 0 Å². The number of hydrogen-bond acceptors (Lipinski definition) is 8. The van der Waals surface area contributed by atoms with Gasteiger partial charge in [0.2, 0.25) is 17.7 Å². The van der Waals surface area contributed by atoms with Gasteiger partial charge in [-0.1, -0.05) is 24.3 Å². The minimum atomic E-state index is -1.75. The Labute approximate surface area is 229 Å². The van der Waals surface area contributed by atoms with Crippen LogP contribution in [-0.4, -0.2) is 80.8 Å². The van der Waals surface area contributed by atoms with Gasteiger partial charge in [-0.3, -0.25) is 19.2 Å². The van der Waals surface area contributed by atoms with E-state index in [0.717, 1.165) is 6.42 Å². The van der Waals surface area contributed by atoms with Crippen LogP contribution in [-0.2, 0) is 36.8 Å². The van der Waals surface area contributed by atoms with Crippen molar-refractivity contribution >= 4 is 29.7 Å². The van der Waals surface area contributed by atoms with E-state index in [1.54, 1.807) is 12.1 Å². The fourth-order valence-corrected chi connectivity index (χ4v) is 4.25. The maximum absolute atomic E-state index is 13.5. The first-order valence-corrected chi connectivity index (χ1v) is 12.7. The van der Waals surface area contributed by atoms with Gasteiger partial charge in [0.05, 0.1) is 12.5 Å². The summed E-state index contributed by atoms with van der Waals surface area (Å²) in [4.78, 5) is 62.1. The van der Waals surface area contributed by atoms with Crippen molar-refractivity contribution in [2.45, 2.75) is 56.3 Å². The third-order valence-corrected chi connectivity index (χ3v) is 6.39. The molecule has 1 fully saturated rings. The van der Waals surface area contributed by atoms with E-state index in [-0.39, 0.29) is 24.3 Å². The highest BCUT2D eigenvalue weighted by Crippen LogP contribution is 2.14. The van der Waals surface area contributed by atoms with E-state index in [4.69, 9.17) is 5.11 Å². The Morgan fingerprint density at radius 3 is 1.65 bits per heavy atom. The highest BCUT2D eigenvalue weighted by Gasteiger charge is 2.32. The number of benzene rings is 2. The van der Waals surface area contributed by atoms with Crippen molar-refractivity contribution in [3.63, 3.8) is 0 Å². The Balaban J connectivity index is 1.84. The number of aromatic hydroxyl groups is 2. The first kappa shape index (κ1) is 29.9. The molecule has 40 heavy (non-hydrogen) atoms. The summed E-state index contributed by atoms with van der Waals surface area (Å²) in [5, 5.41) is 48.1. The maximum Gasteiger partial charge on any atom is 0.326 e. The Morgan fingerprint density at radius 2 is 1.23 bits per heavy atom. The molecule has 3 amide bonds. The van der Waals surface area contributed by atoms with Gasteiger partial charge in [0.25, 0.3) is 0 Å². The largest absolute Gasteiger partial charge is 0.508 e. The number of carboxylic acids is 2. The predicted molar refractivity (Wildman–Crippen MR) is 140 cm³/mol. The van der Waals surface area contributed by atoms with Gasteiger partial charge in [0.15, 0.2) is 0 Å². The fourth-order valence-electron chi connectivity index (χ4n) is 4.25. The molecule has 1 saturated heterocycles. The van der Waals surface area contributed by atoms with Crippen LogP contribution in [0.5, 0.6) is 11.5 Å². The Hall–Kier alpha value is -4.65. The molecule has 0 bridgehead atoms. The van der Waals surface area contributed by atoms with Crippen LogP contribution in [0.4, 0.5) is 0 Å². The zero-order chi connectivity index (χ0) is 29.2. The average Bonchev–Trinajstić information content (AvgIpc) is 3.45. The number of aliphatic carboxylic acids is 2. The van der Waals surface area contributed by atoms with Crippen molar-refractivity contribution in [2.75, 3.05) is 6.54 Å². The highest BCUT2D eigenvalue weighted by molar-refractivity contribution is 5.95. The molecule has 214 valence electrons. The van der Waals surface area contributed by atoms with Crippen LogP contribution in [0.25, 0.3) is 0 Å². The van der Waals surface area contributed by atoms with E-state index in [9.17, 15) is 39.3 Å². The number of carbonyl (C=O) groups excluding carboxylic acids is 3. The SMILES string of the molecule is O=C(O)CC(NC(=O)C(Cc1ccc(O)cc1)NC(=O)C(Cc1ccc(O)cc1)NC(=O)C1CCCN1)C(=O)O. The third kappa shape index (κ3) is 8.98. The molecule has 0 aromatic heterocycles. The molecule has 1 aliphatic rings. The first-order valence-electron chi connectivity index (χ1n) is 12.7. The Morgan fingerprint density at radius 1 is 0.750 bits per heavy atom. The lowest BCUT2D eigenvalue weighted by Gasteiger charge is -2.25. The average molecular weight is 557 g/mol. The van der Waals surface area contributed by atoms with Gasteiger partial charge in [-0.15, -0.1) is 0 Å². The molecule has 4 atom stereocenters. The van der Waals surface area contributed by atoms with Gasteiger partial charge in [-0.2, -0.15) is 0 Å². The number of phenolic OH excluding ortho intramolecular Hbond substituents is 2. The van der Waals surface area contributed by atoms with Crippen LogP contribution < -0.4 is 21.3 Å². The number of nitrogens with one attached hydrogen (secondary N) is 4. The lowest BCUT2D eigenvalue weighted by atomic mass is 10.0. The molecular formula is C27H32N4O9. The second-order valence-corrected chi connectivity index (χ2v) is 9.51. The molecule has 0 radical (unpaired) electrons. The van der Waals surface area contributed by atoms with Crippen LogP contribution in [0.2, 0.25) is 0 Å². The molecule has 4 unspecified atom stereocenters. The number of amides is 3. The van der Waals surface area contributed by atoms with Crippen LogP contribution in [0.3, 0.4) is 0 Å². The van der Waals surface area contributed by atoms with Gasteiger partial charge < -0.3 is 41.7 Å². The zero-order valence-electron chi connectivity index (χ0n) is 21.5. The molecule has 13 nitrogen and oxygen atoms in total. The van der Waals surface area contributed by atoms with Gasteiger partial charge in [0.1, 0.15) is 29.6 Å². The van der Waals surface area contributed by atoms with Crippen LogP contribution in [0.15, 0.2) is 48.5 Å². The summed E-state index contributed by atoms with van der Waals surface area (Å²) in [7, 11) is 0. The molecule has 1 aliphatic heterocycles. The van der Waals surface area contributed by atoms with Crippen molar-refractivity contribution in [3.8, 4) is 11.5 Å². The number of phenols is 2. The van der Waals surface area contributed by atoms with Crippen LogP contribution in [0, 0.1) is 0 Å². The van der Waals surface area contributed by atoms with Gasteiger partial charge in [0, 0.05) is 12.8 Å². The molecule has 1 heterocycles. The Bertz CT molecular complexity index is 1210. The minimum Gasteiger partial charge on any atom is -0.508 e. The second kappa shape index (κ2) is 13.9. The number of rotatable bonds is 13. The summed E-state index contributed by atoms with van der Waals surface area (Å²) in [5.74, 6) is -5.09. The Kier molecular flexibility index (Phi) is 10.4. The van der Waals surface area contributed by atoms with Crippen molar-refractivity contribution in [1.29, 1.82) is 0 Å². The maximum atomic E-state index is 13.5. The summed E-state index contributed by atoms with van der Waals surface area (Å²) in [6.45, 7) is 0.656. The van der Waals surface area contributed by atoms with Gasteiger partial charge in [-0.05, 0) is 54.8 Å². The molecule has 8 N–H and O–H groups in total. The molecule has 3 rings (SSSR count). The topological polar surface area (TPSA) is 214 Å². The van der Waals surface area contributed by atoms with Crippen molar-refractivity contribution < 1.29 is 44.4 Å². The van der Waals surface area contributed by atoms with E-state index in [0.29, 0.717) is 24.1 Å². The van der Waals surface area contributed by atoms with E-state index >= 15 is 0 Å². The van der Waals surface area contributed by atoms with Gasteiger partial charge in [-0.25, -0.2) is 4.79 Å². The van der Waals surface area contributed by atoms with Gasteiger partial charge >= 0.3 is 11.9 Å². The summed E-state index contributed by atoms with van der Waals surface area (Å²) in [5.41, 5.74) is 1.13. The second-order valence-electron chi connectivity index (χ2n) is 9.51. The number of carboxylic acid groups (broad SMARTS) is 2. The standard InChI is InChI=1S/C27H32N4O9/c32-17-7-3-15(4-8-17)12-20(29-24(36)19-2-1-11-28-19)25(37)30-21(13-16-5-9-18(33)10-6-16)26(38)31-22(27(39)40)14-23(34)35/h3-10,19-22,28,32-33H,1-2,11-14H2,(H,29,36)(H,30,37)(H,31,38)(H,34,35)(H,39,40). The zero-order valence-corrected chi connectivity index (χ0v) is 21.5.